The number of carbonyl (C=O) groups excluding carboxylic acids is 3. The van der Waals surface area contributed by atoms with Crippen LogP contribution in [-0.4, -0.2) is 62.5 Å². The normalized spacial score (nSPS) is 16.1. The topological polar surface area (TPSA) is 97.0 Å². The van der Waals surface area contributed by atoms with Crippen LogP contribution in [-0.2, 0) is 20.8 Å². The summed E-state index contributed by atoms with van der Waals surface area (Å²) in [5.74, 6) is 0.762. The molecule has 1 aliphatic heterocycles. The molecule has 1 heterocycles. The van der Waals surface area contributed by atoms with Gasteiger partial charge in [0.25, 0.3) is 0 Å². The van der Waals surface area contributed by atoms with Crippen LogP contribution in [0.15, 0.2) is 18.2 Å². The van der Waals surface area contributed by atoms with E-state index in [1.807, 2.05) is 32.0 Å². The first-order chi connectivity index (χ1) is 13.8. The highest BCUT2D eigenvalue weighted by atomic mass is 16.5. The van der Waals surface area contributed by atoms with Gasteiger partial charge < -0.3 is 25.0 Å². The summed E-state index contributed by atoms with van der Waals surface area (Å²) in [5, 5.41) is 5.60. The molecule has 160 valence electrons. The van der Waals surface area contributed by atoms with Crippen LogP contribution in [0.25, 0.3) is 0 Å². The van der Waals surface area contributed by atoms with Crippen molar-refractivity contribution in [3.05, 3.63) is 23.8 Å². The minimum absolute atomic E-state index is 0.0172. The van der Waals surface area contributed by atoms with Crippen LogP contribution in [0.3, 0.4) is 0 Å². The number of ether oxygens (including phenoxy) is 2. The van der Waals surface area contributed by atoms with E-state index in [-0.39, 0.29) is 36.1 Å². The zero-order chi connectivity index (χ0) is 21.4. The second-order valence-electron chi connectivity index (χ2n) is 7.37. The van der Waals surface area contributed by atoms with Gasteiger partial charge in [-0.2, -0.15) is 0 Å². The molecule has 2 rings (SSSR count). The molecule has 8 heteroatoms. The van der Waals surface area contributed by atoms with Crippen LogP contribution in [0.4, 0.5) is 0 Å². The van der Waals surface area contributed by atoms with Crippen LogP contribution in [0.2, 0.25) is 0 Å². The van der Waals surface area contributed by atoms with Gasteiger partial charge in [-0.3, -0.25) is 14.4 Å². The Morgan fingerprint density at radius 2 is 1.83 bits per heavy atom. The van der Waals surface area contributed by atoms with Crippen molar-refractivity contribution in [2.45, 2.75) is 39.2 Å². The van der Waals surface area contributed by atoms with Gasteiger partial charge in [0.2, 0.25) is 17.7 Å². The van der Waals surface area contributed by atoms with Gasteiger partial charge in [-0.05, 0) is 38.0 Å². The maximum Gasteiger partial charge on any atom is 0.225 e. The second kappa shape index (κ2) is 10.7. The van der Waals surface area contributed by atoms with Crippen LogP contribution in [0.5, 0.6) is 11.5 Å². The fourth-order valence-corrected chi connectivity index (χ4v) is 3.32. The van der Waals surface area contributed by atoms with E-state index in [2.05, 4.69) is 10.6 Å². The van der Waals surface area contributed by atoms with Crippen molar-refractivity contribution in [3.8, 4) is 11.5 Å². The van der Waals surface area contributed by atoms with Gasteiger partial charge in [-0.1, -0.05) is 6.07 Å². The molecule has 2 N–H and O–H groups in total. The SMILES string of the molecule is COc1ccc(CCC(=O)NCCNC(=O)C2CC(=O)N(C(C)C)C2)cc1OC. The largest absolute Gasteiger partial charge is 0.493 e. The summed E-state index contributed by atoms with van der Waals surface area (Å²) < 4.78 is 10.5. The van der Waals surface area contributed by atoms with E-state index in [0.29, 0.717) is 44.0 Å². The van der Waals surface area contributed by atoms with Crippen molar-refractivity contribution in [1.82, 2.24) is 15.5 Å². The molecule has 1 aliphatic rings. The molecule has 0 aliphatic carbocycles. The number of amides is 3. The number of nitrogens with zero attached hydrogens (tertiary/aromatic N) is 1. The molecule has 1 fully saturated rings. The Kier molecular flexibility index (Phi) is 8.30. The highest BCUT2D eigenvalue weighted by Crippen LogP contribution is 2.27. The van der Waals surface area contributed by atoms with E-state index < -0.39 is 0 Å². The van der Waals surface area contributed by atoms with E-state index in [1.165, 1.54) is 0 Å². The van der Waals surface area contributed by atoms with E-state index >= 15 is 0 Å². The summed E-state index contributed by atoms with van der Waals surface area (Å²) in [6.45, 7) is 5.03. The molecule has 1 atom stereocenters. The minimum Gasteiger partial charge on any atom is -0.493 e. The second-order valence-corrected chi connectivity index (χ2v) is 7.37. The maximum atomic E-state index is 12.2. The Labute approximate surface area is 171 Å². The molecule has 0 aromatic heterocycles. The van der Waals surface area contributed by atoms with Gasteiger partial charge in [-0.15, -0.1) is 0 Å². The number of aryl methyl sites for hydroxylation is 1. The third-order valence-electron chi connectivity index (χ3n) is 4.99. The van der Waals surface area contributed by atoms with E-state index in [0.717, 1.165) is 5.56 Å². The number of nitrogens with one attached hydrogen (secondary N) is 2. The number of methoxy groups -OCH3 is 2. The Morgan fingerprint density at radius 3 is 2.45 bits per heavy atom. The van der Waals surface area contributed by atoms with E-state index in [4.69, 9.17) is 9.47 Å². The monoisotopic (exact) mass is 405 g/mol. The van der Waals surface area contributed by atoms with Gasteiger partial charge in [-0.25, -0.2) is 0 Å². The van der Waals surface area contributed by atoms with Gasteiger partial charge in [0.15, 0.2) is 11.5 Å². The molecule has 1 aromatic rings. The lowest BCUT2D eigenvalue weighted by atomic mass is 10.1. The summed E-state index contributed by atoms with van der Waals surface area (Å²) in [4.78, 5) is 37.8. The summed E-state index contributed by atoms with van der Waals surface area (Å²) in [5.41, 5.74) is 0.978. The van der Waals surface area contributed by atoms with Crippen LogP contribution in [0, 0.1) is 5.92 Å². The van der Waals surface area contributed by atoms with Crippen molar-refractivity contribution in [3.63, 3.8) is 0 Å². The Morgan fingerprint density at radius 1 is 1.14 bits per heavy atom. The van der Waals surface area contributed by atoms with Crippen molar-refractivity contribution < 1.29 is 23.9 Å². The van der Waals surface area contributed by atoms with Crippen molar-refractivity contribution in [1.29, 1.82) is 0 Å². The number of benzene rings is 1. The lowest BCUT2D eigenvalue weighted by molar-refractivity contribution is -0.129. The lowest BCUT2D eigenvalue weighted by Gasteiger charge is -2.20. The van der Waals surface area contributed by atoms with E-state index in [1.54, 1.807) is 19.1 Å². The molecule has 1 aromatic carbocycles. The van der Waals surface area contributed by atoms with E-state index in [9.17, 15) is 14.4 Å². The first-order valence-corrected chi connectivity index (χ1v) is 9.90. The molecule has 8 nitrogen and oxygen atoms in total. The standard InChI is InChI=1S/C21H31N3O5/c1-14(2)24-13-16(12-20(24)26)21(27)23-10-9-22-19(25)8-6-15-5-7-17(28-3)18(11-15)29-4/h5,7,11,14,16H,6,8-10,12-13H2,1-4H3,(H,22,25)(H,23,27). The lowest BCUT2D eigenvalue weighted by Crippen LogP contribution is -2.39. The van der Waals surface area contributed by atoms with Crippen LogP contribution in [0.1, 0.15) is 32.3 Å². The molecular weight excluding hydrogens is 374 g/mol. The molecule has 0 bridgehead atoms. The van der Waals surface area contributed by atoms with Gasteiger partial charge in [0.05, 0.1) is 20.1 Å². The number of hydrogen-bond acceptors (Lipinski definition) is 5. The molecule has 29 heavy (non-hydrogen) atoms. The Bertz CT molecular complexity index is 735. The predicted octanol–water partition coefficient (Wildman–Crippen LogP) is 1.13. The van der Waals surface area contributed by atoms with Crippen LogP contribution >= 0.6 is 0 Å². The first kappa shape index (κ1) is 22.5. The summed E-state index contributed by atoms with van der Waals surface area (Å²) in [7, 11) is 3.15. The first-order valence-electron chi connectivity index (χ1n) is 9.90. The zero-order valence-electron chi connectivity index (χ0n) is 17.6. The fraction of sp³-hybridized carbons (Fsp3) is 0.571. The summed E-state index contributed by atoms with van der Waals surface area (Å²) in [6.07, 6.45) is 1.17. The summed E-state index contributed by atoms with van der Waals surface area (Å²) in [6, 6.07) is 5.68. The number of carbonyl (C=O) groups is 3. The summed E-state index contributed by atoms with van der Waals surface area (Å²) >= 11 is 0. The average molecular weight is 405 g/mol. The quantitative estimate of drug-likeness (QED) is 0.569. The van der Waals surface area contributed by atoms with Gasteiger partial charge in [0.1, 0.15) is 0 Å². The molecule has 1 unspecified atom stereocenters. The van der Waals surface area contributed by atoms with Crippen molar-refractivity contribution >= 4 is 17.7 Å². The van der Waals surface area contributed by atoms with Crippen molar-refractivity contribution in [2.75, 3.05) is 33.9 Å². The number of hydrogen-bond donors (Lipinski definition) is 2. The Hall–Kier alpha value is -2.77. The zero-order valence-corrected chi connectivity index (χ0v) is 17.6. The highest BCUT2D eigenvalue weighted by Gasteiger charge is 2.35. The molecular formula is C21H31N3O5. The highest BCUT2D eigenvalue weighted by molar-refractivity contribution is 5.89. The number of likely N-dealkylation sites (tertiary alicyclic amines) is 1. The van der Waals surface area contributed by atoms with Gasteiger partial charge >= 0.3 is 0 Å². The third-order valence-corrected chi connectivity index (χ3v) is 4.99. The number of rotatable bonds is 10. The predicted molar refractivity (Wildman–Crippen MR) is 109 cm³/mol. The van der Waals surface area contributed by atoms with Gasteiger partial charge in [0, 0.05) is 38.5 Å². The average Bonchev–Trinajstić information content (AvgIpc) is 3.11. The van der Waals surface area contributed by atoms with Crippen LogP contribution < -0.4 is 20.1 Å². The Balaban J connectivity index is 1.66. The third kappa shape index (κ3) is 6.37. The molecule has 0 radical (unpaired) electrons. The maximum absolute atomic E-state index is 12.2. The molecule has 0 spiro atoms. The molecule has 3 amide bonds. The fourth-order valence-electron chi connectivity index (χ4n) is 3.32. The molecule has 1 saturated heterocycles. The molecule has 0 saturated carbocycles. The van der Waals surface area contributed by atoms with Crippen molar-refractivity contribution in [2.24, 2.45) is 5.92 Å². The minimum atomic E-state index is -0.314. The smallest absolute Gasteiger partial charge is 0.225 e.